The van der Waals surface area contributed by atoms with Crippen molar-refractivity contribution in [2.75, 3.05) is 12.8 Å². The van der Waals surface area contributed by atoms with E-state index in [0.717, 1.165) is 10.5 Å². The van der Waals surface area contributed by atoms with E-state index in [1.165, 1.54) is 11.8 Å². The summed E-state index contributed by atoms with van der Waals surface area (Å²) in [5.74, 6) is 0.434. The number of carbonyl (C=O) groups is 1. The molecule has 0 spiro atoms. The van der Waals surface area contributed by atoms with Crippen LogP contribution in [0.3, 0.4) is 0 Å². The van der Waals surface area contributed by atoms with Gasteiger partial charge in [0.1, 0.15) is 11.9 Å². The molecule has 0 saturated heterocycles. The summed E-state index contributed by atoms with van der Waals surface area (Å²) in [7, 11) is 0. The lowest BCUT2D eigenvalue weighted by Gasteiger charge is -2.12. The van der Waals surface area contributed by atoms with Crippen molar-refractivity contribution in [2.45, 2.75) is 24.5 Å². The lowest BCUT2D eigenvalue weighted by atomic mass is 10.1. The Morgan fingerprint density at radius 1 is 1.36 bits per heavy atom. The molecule has 22 heavy (non-hydrogen) atoms. The second-order valence-corrected chi connectivity index (χ2v) is 5.76. The molecule has 0 fully saturated rings. The topological polar surface area (TPSA) is 74.5 Å². The fraction of sp³-hybridized carbons (Fsp3) is 0.312. The second kappa shape index (κ2) is 7.91. The molecule has 3 N–H and O–H groups in total. The SMILES string of the molecule is CSc1cc(C)ccc1CNC(=O)NCC(O)c1ccco1. The van der Waals surface area contributed by atoms with E-state index in [0.29, 0.717) is 12.3 Å². The summed E-state index contributed by atoms with van der Waals surface area (Å²) in [6.07, 6.45) is 2.65. The molecule has 1 unspecified atom stereocenters. The highest BCUT2D eigenvalue weighted by molar-refractivity contribution is 7.98. The molecule has 0 radical (unpaired) electrons. The van der Waals surface area contributed by atoms with Gasteiger partial charge in [-0.2, -0.15) is 0 Å². The van der Waals surface area contributed by atoms with Gasteiger partial charge in [0, 0.05) is 11.4 Å². The van der Waals surface area contributed by atoms with Gasteiger partial charge in [0.2, 0.25) is 0 Å². The normalized spacial score (nSPS) is 12.0. The quantitative estimate of drug-likeness (QED) is 0.716. The summed E-state index contributed by atoms with van der Waals surface area (Å²) in [4.78, 5) is 12.9. The number of thioether (sulfide) groups is 1. The summed E-state index contributed by atoms with van der Waals surface area (Å²) in [5, 5.41) is 15.2. The summed E-state index contributed by atoms with van der Waals surface area (Å²) >= 11 is 1.65. The van der Waals surface area contributed by atoms with E-state index >= 15 is 0 Å². The number of hydrogen-bond donors (Lipinski definition) is 3. The first kappa shape index (κ1) is 16.5. The van der Waals surface area contributed by atoms with Gasteiger partial charge in [-0.3, -0.25) is 0 Å². The minimum atomic E-state index is -0.845. The van der Waals surface area contributed by atoms with Gasteiger partial charge in [0.15, 0.2) is 0 Å². The maximum Gasteiger partial charge on any atom is 0.315 e. The van der Waals surface area contributed by atoms with Crippen molar-refractivity contribution < 1.29 is 14.3 Å². The minimum absolute atomic E-state index is 0.0998. The molecule has 118 valence electrons. The molecule has 6 heteroatoms. The van der Waals surface area contributed by atoms with Crippen molar-refractivity contribution in [2.24, 2.45) is 0 Å². The van der Waals surface area contributed by atoms with E-state index in [1.54, 1.807) is 23.9 Å². The van der Waals surface area contributed by atoms with E-state index in [1.807, 2.05) is 25.3 Å². The number of benzene rings is 1. The zero-order valence-corrected chi connectivity index (χ0v) is 13.4. The van der Waals surface area contributed by atoms with Gasteiger partial charge in [-0.25, -0.2) is 4.79 Å². The fourth-order valence-electron chi connectivity index (χ4n) is 2.01. The third kappa shape index (κ3) is 4.54. The van der Waals surface area contributed by atoms with Crippen molar-refractivity contribution in [3.05, 3.63) is 53.5 Å². The van der Waals surface area contributed by atoms with Gasteiger partial charge in [-0.05, 0) is 42.5 Å². The number of amides is 2. The van der Waals surface area contributed by atoms with Crippen molar-refractivity contribution in [1.82, 2.24) is 10.6 Å². The number of aryl methyl sites for hydroxylation is 1. The van der Waals surface area contributed by atoms with Crippen LogP contribution < -0.4 is 10.6 Å². The molecule has 1 heterocycles. The van der Waals surface area contributed by atoms with E-state index in [-0.39, 0.29) is 12.6 Å². The van der Waals surface area contributed by atoms with Gasteiger partial charge in [0.05, 0.1) is 12.8 Å². The number of aliphatic hydroxyl groups excluding tert-OH is 1. The molecular weight excluding hydrogens is 300 g/mol. The molecule has 0 aliphatic heterocycles. The number of urea groups is 1. The Balaban J connectivity index is 1.80. The monoisotopic (exact) mass is 320 g/mol. The minimum Gasteiger partial charge on any atom is -0.467 e. The fourth-order valence-corrected chi connectivity index (χ4v) is 2.71. The van der Waals surface area contributed by atoms with Crippen molar-refractivity contribution >= 4 is 17.8 Å². The molecule has 0 saturated carbocycles. The molecule has 5 nitrogen and oxygen atoms in total. The van der Waals surface area contributed by atoms with E-state index in [2.05, 4.69) is 16.7 Å². The highest BCUT2D eigenvalue weighted by Crippen LogP contribution is 2.21. The van der Waals surface area contributed by atoms with E-state index in [4.69, 9.17) is 4.42 Å². The lowest BCUT2D eigenvalue weighted by Crippen LogP contribution is -2.37. The van der Waals surface area contributed by atoms with Crippen LogP contribution in [0.5, 0.6) is 0 Å². The molecule has 0 aliphatic carbocycles. The summed E-state index contributed by atoms with van der Waals surface area (Å²) in [5.41, 5.74) is 2.26. The number of rotatable bonds is 6. The average molecular weight is 320 g/mol. The second-order valence-electron chi connectivity index (χ2n) is 4.91. The predicted octanol–water partition coefficient (Wildman–Crippen LogP) is 2.84. The van der Waals surface area contributed by atoms with Crippen LogP contribution in [0.4, 0.5) is 4.79 Å². The van der Waals surface area contributed by atoms with Crippen molar-refractivity contribution in [1.29, 1.82) is 0 Å². The summed E-state index contributed by atoms with van der Waals surface area (Å²) in [6, 6.07) is 9.17. The smallest absolute Gasteiger partial charge is 0.315 e. The van der Waals surface area contributed by atoms with Gasteiger partial charge >= 0.3 is 6.03 Å². The number of furan rings is 1. The molecule has 0 aliphatic rings. The van der Waals surface area contributed by atoms with Crippen LogP contribution in [0.1, 0.15) is 23.0 Å². The van der Waals surface area contributed by atoms with Crippen LogP contribution in [0, 0.1) is 6.92 Å². The van der Waals surface area contributed by atoms with Crippen LogP contribution >= 0.6 is 11.8 Å². The molecule has 1 aromatic carbocycles. The van der Waals surface area contributed by atoms with Crippen LogP contribution in [0.15, 0.2) is 45.9 Å². The van der Waals surface area contributed by atoms with Crippen LogP contribution in [0.2, 0.25) is 0 Å². The Morgan fingerprint density at radius 2 is 2.18 bits per heavy atom. The van der Waals surface area contributed by atoms with Crippen LogP contribution in [0.25, 0.3) is 0 Å². The van der Waals surface area contributed by atoms with Gasteiger partial charge in [-0.1, -0.05) is 12.1 Å². The highest BCUT2D eigenvalue weighted by Gasteiger charge is 2.12. The maximum absolute atomic E-state index is 11.8. The Morgan fingerprint density at radius 3 is 2.86 bits per heavy atom. The van der Waals surface area contributed by atoms with Crippen molar-refractivity contribution in [3.63, 3.8) is 0 Å². The molecule has 2 amide bonds. The van der Waals surface area contributed by atoms with Crippen LogP contribution in [-0.2, 0) is 6.54 Å². The molecular formula is C16H20N2O3S. The number of carbonyl (C=O) groups excluding carboxylic acids is 1. The largest absolute Gasteiger partial charge is 0.467 e. The van der Waals surface area contributed by atoms with E-state index < -0.39 is 6.10 Å². The number of aliphatic hydroxyl groups is 1. The molecule has 2 aromatic rings. The lowest BCUT2D eigenvalue weighted by molar-refractivity contribution is 0.148. The third-order valence-corrected chi connectivity index (χ3v) is 4.03. The third-order valence-electron chi connectivity index (χ3n) is 3.21. The molecule has 2 rings (SSSR count). The zero-order valence-electron chi connectivity index (χ0n) is 12.6. The maximum atomic E-state index is 11.8. The first-order valence-corrected chi connectivity index (χ1v) is 8.19. The Kier molecular flexibility index (Phi) is 5.91. The summed E-state index contributed by atoms with van der Waals surface area (Å²) < 4.78 is 5.07. The zero-order chi connectivity index (χ0) is 15.9. The summed E-state index contributed by atoms with van der Waals surface area (Å²) in [6.45, 7) is 2.58. The number of nitrogens with one attached hydrogen (secondary N) is 2. The van der Waals surface area contributed by atoms with Crippen molar-refractivity contribution in [3.8, 4) is 0 Å². The van der Waals surface area contributed by atoms with Gasteiger partial charge < -0.3 is 20.2 Å². The Hall–Kier alpha value is -1.92. The van der Waals surface area contributed by atoms with Gasteiger partial charge in [-0.15, -0.1) is 11.8 Å². The Bertz CT molecular complexity index is 614. The highest BCUT2D eigenvalue weighted by atomic mass is 32.2. The molecule has 1 aromatic heterocycles. The van der Waals surface area contributed by atoms with Gasteiger partial charge in [0.25, 0.3) is 0 Å². The standard InChI is InChI=1S/C16H20N2O3S/c1-11-5-6-12(15(8-11)22-2)9-17-16(20)18-10-13(19)14-4-3-7-21-14/h3-8,13,19H,9-10H2,1-2H3,(H2,17,18,20). The van der Waals surface area contributed by atoms with E-state index in [9.17, 15) is 9.90 Å². The number of hydrogen-bond acceptors (Lipinski definition) is 4. The van der Waals surface area contributed by atoms with Crippen LogP contribution in [-0.4, -0.2) is 23.9 Å². The molecule has 1 atom stereocenters. The first-order chi connectivity index (χ1) is 10.6. The first-order valence-electron chi connectivity index (χ1n) is 6.97. The predicted molar refractivity (Wildman–Crippen MR) is 86.9 cm³/mol. The molecule has 0 bridgehead atoms. The average Bonchev–Trinajstić information content (AvgIpc) is 3.05. The Labute approximate surface area is 134 Å².